The Balaban J connectivity index is 2.74. The number of nitrogens with one attached hydrogen (secondary N) is 1. The van der Waals surface area contributed by atoms with Gasteiger partial charge >= 0.3 is 0 Å². The number of benzene rings is 1. The van der Waals surface area contributed by atoms with E-state index in [1.807, 2.05) is 19.1 Å². The van der Waals surface area contributed by atoms with E-state index in [-0.39, 0.29) is 24.5 Å². The summed E-state index contributed by atoms with van der Waals surface area (Å²) in [4.78, 5) is 0. The predicted octanol–water partition coefficient (Wildman–Crippen LogP) is 3.03. The van der Waals surface area contributed by atoms with Gasteiger partial charge in [-0.3, -0.25) is 0 Å². The Labute approximate surface area is 103 Å². The maximum Gasteiger partial charge on any atom is 0.127 e. The third-order valence-electron chi connectivity index (χ3n) is 3.10. The normalized spacial score (nSPS) is 14.6. The van der Waals surface area contributed by atoms with Crippen LogP contribution in [0.25, 0.3) is 0 Å². The van der Waals surface area contributed by atoms with Gasteiger partial charge in [0, 0.05) is 24.3 Å². The van der Waals surface area contributed by atoms with Crippen molar-refractivity contribution in [2.75, 3.05) is 6.61 Å². The summed E-state index contributed by atoms with van der Waals surface area (Å²) in [7, 11) is 0. The minimum atomic E-state index is -0.161. The quantitative estimate of drug-likeness (QED) is 0.766. The zero-order valence-corrected chi connectivity index (χ0v) is 10.6. The average molecular weight is 239 g/mol. The van der Waals surface area contributed by atoms with E-state index in [9.17, 15) is 4.39 Å². The highest BCUT2D eigenvalue weighted by molar-refractivity contribution is 5.21. The third kappa shape index (κ3) is 4.10. The van der Waals surface area contributed by atoms with E-state index in [2.05, 4.69) is 12.2 Å². The summed E-state index contributed by atoms with van der Waals surface area (Å²) in [5, 5.41) is 12.4. The lowest BCUT2D eigenvalue weighted by Gasteiger charge is -2.24. The number of hydrogen-bond donors (Lipinski definition) is 2. The van der Waals surface area contributed by atoms with Crippen LogP contribution in [0.1, 0.15) is 44.7 Å². The summed E-state index contributed by atoms with van der Waals surface area (Å²) in [6.45, 7) is 4.27. The zero-order chi connectivity index (χ0) is 12.7. The Hall–Kier alpha value is -0.930. The number of hydrogen-bond acceptors (Lipinski definition) is 2. The summed E-state index contributed by atoms with van der Waals surface area (Å²) in [5.74, 6) is -0.161. The van der Waals surface area contributed by atoms with Gasteiger partial charge in [0.1, 0.15) is 5.82 Å². The minimum absolute atomic E-state index is 0.0210. The number of rotatable bonds is 7. The molecular formula is C14H22FNO. The molecule has 96 valence electrons. The monoisotopic (exact) mass is 239 g/mol. The fourth-order valence-electron chi connectivity index (χ4n) is 2.03. The minimum Gasteiger partial charge on any atom is -0.396 e. The molecule has 1 aromatic carbocycles. The molecule has 0 amide bonds. The molecule has 0 saturated heterocycles. The van der Waals surface area contributed by atoms with Crippen LogP contribution in [0.3, 0.4) is 0 Å². The van der Waals surface area contributed by atoms with Crippen LogP contribution in [0.4, 0.5) is 4.39 Å². The van der Waals surface area contributed by atoms with Crippen molar-refractivity contribution in [1.82, 2.24) is 5.32 Å². The molecular weight excluding hydrogens is 217 g/mol. The van der Waals surface area contributed by atoms with E-state index in [1.165, 1.54) is 6.07 Å². The smallest absolute Gasteiger partial charge is 0.127 e. The number of aliphatic hydroxyl groups is 1. The molecule has 2 N–H and O–H groups in total. The fraction of sp³-hybridized carbons (Fsp3) is 0.571. The van der Waals surface area contributed by atoms with E-state index in [0.717, 1.165) is 12.8 Å². The van der Waals surface area contributed by atoms with Gasteiger partial charge in [0.2, 0.25) is 0 Å². The first kappa shape index (κ1) is 14.1. The Morgan fingerprint density at radius 1 is 1.24 bits per heavy atom. The molecule has 1 rings (SSSR count). The Morgan fingerprint density at radius 2 is 1.94 bits per heavy atom. The van der Waals surface area contributed by atoms with Gasteiger partial charge in [0.15, 0.2) is 0 Å². The average Bonchev–Trinajstić information content (AvgIpc) is 2.35. The molecule has 0 aliphatic carbocycles. The van der Waals surface area contributed by atoms with Gasteiger partial charge in [-0.05, 0) is 25.3 Å². The van der Waals surface area contributed by atoms with E-state index in [1.54, 1.807) is 6.07 Å². The standard InChI is InChI=1S/C14H22FNO/c1-3-11(9-10-17)16-14(4-2)12-7-5-6-8-13(12)15/h5-8,11,14,16-17H,3-4,9-10H2,1-2H3. The van der Waals surface area contributed by atoms with Crippen molar-refractivity contribution >= 4 is 0 Å². The molecule has 0 saturated carbocycles. The fourth-order valence-corrected chi connectivity index (χ4v) is 2.03. The first-order valence-corrected chi connectivity index (χ1v) is 6.34. The number of aliphatic hydroxyl groups excluding tert-OH is 1. The van der Waals surface area contributed by atoms with Crippen LogP contribution in [0.5, 0.6) is 0 Å². The molecule has 17 heavy (non-hydrogen) atoms. The molecule has 2 nitrogen and oxygen atoms in total. The summed E-state index contributed by atoms with van der Waals surface area (Å²) >= 11 is 0. The summed E-state index contributed by atoms with van der Waals surface area (Å²) in [6, 6.07) is 7.14. The van der Waals surface area contributed by atoms with E-state index in [0.29, 0.717) is 12.0 Å². The van der Waals surface area contributed by atoms with Gasteiger partial charge in [0.05, 0.1) is 0 Å². The van der Waals surface area contributed by atoms with Crippen LogP contribution < -0.4 is 5.32 Å². The van der Waals surface area contributed by atoms with E-state index >= 15 is 0 Å². The SMILES string of the molecule is CCC(CCO)NC(CC)c1ccccc1F. The van der Waals surface area contributed by atoms with Gasteiger partial charge in [-0.15, -0.1) is 0 Å². The first-order valence-electron chi connectivity index (χ1n) is 6.34. The maximum atomic E-state index is 13.7. The van der Waals surface area contributed by atoms with Gasteiger partial charge in [-0.25, -0.2) is 4.39 Å². The van der Waals surface area contributed by atoms with Crippen molar-refractivity contribution in [3.8, 4) is 0 Å². The topological polar surface area (TPSA) is 32.3 Å². The molecule has 0 radical (unpaired) electrons. The van der Waals surface area contributed by atoms with Crippen molar-refractivity contribution in [1.29, 1.82) is 0 Å². The van der Waals surface area contributed by atoms with Crippen molar-refractivity contribution in [3.63, 3.8) is 0 Å². The van der Waals surface area contributed by atoms with Gasteiger partial charge in [-0.2, -0.15) is 0 Å². The molecule has 0 aliphatic rings. The Kier molecular flexibility index (Phi) is 6.16. The number of halogens is 1. The van der Waals surface area contributed by atoms with Crippen LogP contribution in [0, 0.1) is 5.82 Å². The second-order valence-electron chi connectivity index (χ2n) is 4.27. The van der Waals surface area contributed by atoms with E-state index < -0.39 is 0 Å². The molecule has 2 unspecified atom stereocenters. The molecule has 0 fully saturated rings. The molecule has 0 heterocycles. The van der Waals surface area contributed by atoms with Gasteiger partial charge in [0.25, 0.3) is 0 Å². The Bertz CT molecular complexity index is 330. The van der Waals surface area contributed by atoms with Crippen LogP contribution in [0.15, 0.2) is 24.3 Å². The summed E-state index contributed by atoms with van der Waals surface area (Å²) in [6.07, 6.45) is 2.48. The van der Waals surface area contributed by atoms with Crippen LogP contribution in [-0.4, -0.2) is 17.8 Å². The Morgan fingerprint density at radius 3 is 2.47 bits per heavy atom. The molecule has 0 aromatic heterocycles. The molecule has 2 atom stereocenters. The van der Waals surface area contributed by atoms with Crippen LogP contribution >= 0.6 is 0 Å². The van der Waals surface area contributed by atoms with E-state index in [4.69, 9.17) is 5.11 Å². The highest BCUT2D eigenvalue weighted by Crippen LogP contribution is 2.21. The predicted molar refractivity (Wildman–Crippen MR) is 68.3 cm³/mol. The lowest BCUT2D eigenvalue weighted by atomic mass is 10.0. The molecule has 0 aliphatic heterocycles. The lowest BCUT2D eigenvalue weighted by Crippen LogP contribution is -2.33. The second-order valence-corrected chi connectivity index (χ2v) is 4.27. The molecule has 0 bridgehead atoms. The third-order valence-corrected chi connectivity index (χ3v) is 3.10. The van der Waals surface area contributed by atoms with Crippen LogP contribution in [-0.2, 0) is 0 Å². The lowest BCUT2D eigenvalue weighted by molar-refractivity contribution is 0.254. The van der Waals surface area contributed by atoms with Crippen LogP contribution in [0.2, 0.25) is 0 Å². The summed E-state index contributed by atoms with van der Waals surface area (Å²) in [5.41, 5.74) is 0.714. The first-order chi connectivity index (χ1) is 8.22. The maximum absolute atomic E-state index is 13.7. The molecule has 1 aromatic rings. The highest BCUT2D eigenvalue weighted by atomic mass is 19.1. The van der Waals surface area contributed by atoms with Crippen molar-refractivity contribution in [2.24, 2.45) is 0 Å². The highest BCUT2D eigenvalue weighted by Gasteiger charge is 2.16. The summed E-state index contributed by atoms with van der Waals surface area (Å²) < 4.78 is 13.7. The van der Waals surface area contributed by atoms with Gasteiger partial charge < -0.3 is 10.4 Å². The molecule has 0 spiro atoms. The largest absolute Gasteiger partial charge is 0.396 e. The van der Waals surface area contributed by atoms with Crippen molar-refractivity contribution in [2.45, 2.75) is 45.2 Å². The molecule has 3 heteroatoms. The second kappa shape index (κ2) is 7.41. The van der Waals surface area contributed by atoms with Crippen molar-refractivity contribution < 1.29 is 9.50 Å². The van der Waals surface area contributed by atoms with Gasteiger partial charge in [-0.1, -0.05) is 32.0 Å². The zero-order valence-electron chi connectivity index (χ0n) is 10.6. The van der Waals surface area contributed by atoms with Crippen molar-refractivity contribution in [3.05, 3.63) is 35.6 Å².